The Kier molecular flexibility index (Phi) is 2.88. The smallest absolute Gasteiger partial charge is 0.295 e. The lowest BCUT2D eigenvalue weighted by atomic mass is 9.92. The highest BCUT2D eigenvalue weighted by Crippen LogP contribution is 2.38. The first kappa shape index (κ1) is 12.9. The third-order valence-corrected chi connectivity index (χ3v) is 3.88. The molecule has 20 heavy (non-hydrogen) atoms. The van der Waals surface area contributed by atoms with Crippen LogP contribution in [0.3, 0.4) is 0 Å². The van der Waals surface area contributed by atoms with Gasteiger partial charge in [-0.1, -0.05) is 13.8 Å². The van der Waals surface area contributed by atoms with E-state index in [1.165, 1.54) is 18.6 Å². The van der Waals surface area contributed by atoms with Gasteiger partial charge in [0.15, 0.2) is 5.58 Å². The van der Waals surface area contributed by atoms with Gasteiger partial charge in [0.25, 0.3) is 11.7 Å². The number of hydrogen-bond donors (Lipinski definition) is 1. The number of hydrogen-bond acceptors (Lipinski definition) is 5. The maximum absolute atomic E-state index is 10.7. The molecule has 1 atom stereocenters. The quantitative estimate of drug-likeness (QED) is 0.681. The molecule has 1 N–H and O–H groups in total. The minimum atomic E-state index is -0.436. The molecular formula is C14H17N3O3. The number of fused-ring (bicyclic) bond motifs is 1. The van der Waals surface area contributed by atoms with Crippen molar-refractivity contribution in [3.05, 3.63) is 28.3 Å². The molecule has 1 aromatic heterocycles. The topological polar surface area (TPSA) is 81.2 Å². The van der Waals surface area contributed by atoms with Crippen molar-refractivity contribution in [1.29, 1.82) is 0 Å². The third-order valence-electron chi connectivity index (χ3n) is 3.88. The third kappa shape index (κ3) is 2.45. The molecule has 6 heteroatoms. The zero-order chi connectivity index (χ0) is 14.3. The standard InChI is InChI=1S/C14H17N3O3/c1-14(2)6-5-9(8-14)15-13-16-11-4-3-10(17(18)19)7-12(11)20-13/h3-4,7,9H,5-6,8H2,1-2H3,(H,15,16). The molecule has 1 fully saturated rings. The fourth-order valence-corrected chi connectivity index (χ4v) is 2.82. The van der Waals surface area contributed by atoms with Crippen molar-refractivity contribution in [2.24, 2.45) is 5.41 Å². The molecule has 3 rings (SSSR count). The van der Waals surface area contributed by atoms with Crippen molar-refractivity contribution < 1.29 is 9.34 Å². The van der Waals surface area contributed by atoms with E-state index in [1.807, 2.05) is 0 Å². The minimum absolute atomic E-state index is 0.0159. The molecule has 0 radical (unpaired) electrons. The molecule has 1 aliphatic carbocycles. The second-order valence-corrected chi connectivity index (χ2v) is 6.18. The van der Waals surface area contributed by atoms with Crippen LogP contribution in [0.5, 0.6) is 0 Å². The summed E-state index contributed by atoms with van der Waals surface area (Å²) in [5, 5.41) is 14.0. The molecule has 0 amide bonds. The Hall–Kier alpha value is -2.11. The van der Waals surface area contributed by atoms with Crippen LogP contribution in [0.1, 0.15) is 33.1 Å². The normalized spacial score (nSPS) is 21.2. The predicted molar refractivity (Wildman–Crippen MR) is 75.7 cm³/mol. The average Bonchev–Trinajstić information content (AvgIpc) is 2.91. The number of non-ortho nitro benzene ring substituents is 1. The van der Waals surface area contributed by atoms with Crippen LogP contribution in [-0.4, -0.2) is 15.9 Å². The van der Waals surface area contributed by atoms with Crippen LogP contribution in [0.4, 0.5) is 11.7 Å². The fourth-order valence-electron chi connectivity index (χ4n) is 2.82. The van der Waals surface area contributed by atoms with E-state index in [0.29, 0.717) is 28.6 Å². The molecule has 1 unspecified atom stereocenters. The average molecular weight is 275 g/mol. The number of nitro benzene ring substituents is 1. The Labute approximate surface area is 116 Å². The fraction of sp³-hybridized carbons (Fsp3) is 0.500. The van der Waals surface area contributed by atoms with Crippen molar-refractivity contribution in [2.45, 2.75) is 39.2 Å². The van der Waals surface area contributed by atoms with Crippen LogP contribution < -0.4 is 5.32 Å². The van der Waals surface area contributed by atoms with Gasteiger partial charge in [-0.05, 0) is 30.7 Å². The molecule has 1 aromatic carbocycles. The molecule has 0 spiro atoms. The summed E-state index contributed by atoms with van der Waals surface area (Å²) in [6, 6.07) is 5.26. The van der Waals surface area contributed by atoms with Gasteiger partial charge in [-0.15, -0.1) is 0 Å². The summed E-state index contributed by atoms with van der Waals surface area (Å²) < 4.78 is 5.56. The Balaban J connectivity index is 1.81. The molecule has 106 valence electrons. The molecule has 6 nitrogen and oxygen atoms in total. The summed E-state index contributed by atoms with van der Waals surface area (Å²) >= 11 is 0. The molecular weight excluding hydrogens is 258 g/mol. The first-order valence-electron chi connectivity index (χ1n) is 6.74. The van der Waals surface area contributed by atoms with Gasteiger partial charge in [0.05, 0.1) is 11.0 Å². The molecule has 1 heterocycles. The monoisotopic (exact) mass is 275 g/mol. The van der Waals surface area contributed by atoms with Gasteiger partial charge < -0.3 is 9.73 Å². The van der Waals surface area contributed by atoms with Gasteiger partial charge in [0.2, 0.25) is 0 Å². The first-order valence-corrected chi connectivity index (χ1v) is 6.74. The molecule has 2 aromatic rings. The summed E-state index contributed by atoms with van der Waals surface area (Å²) in [5.74, 6) is 0. The van der Waals surface area contributed by atoms with Crippen LogP contribution in [0.25, 0.3) is 11.1 Å². The lowest BCUT2D eigenvalue weighted by Gasteiger charge is -2.16. The second kappa shape index (κ2) is 4.47. The zero-order valence-electron chi connectivity index (χ0n) is 11.5. The lowest BCUT2D eigenvalue weighted by Crippen LogP contribution is -2.17. The Morgan fingerprint density at radius 3 is 2.95 bits per heavy atom. The van der Waals surface area contributed by atoms with E-state index in [0.717, 1.165) is 12.8 Å². The van der Waals surface area contributed by atoms with Gasteiger partial charge in [-0.25, -0.2) is 0 Å². The number of nitrogens with one attached hydrogen (secondary N) is 1. The van der Waals surface area contributed by atoms with E-state index in [4.69, 9.17) is 4.42 Å². The molecule has 0 aliphatic heterocycles. The van der Waals surface area contributed by atoms with E-state index < -0.39 is 4.92 Å². The van der Waals surface area contributed by atoms with E-state index in [9.17, 15) is 10.1 Å². The van der Waals surface area contributed by atoms with Crippen molar-refractivity contribution in [3.8, 4) is 0 Å². The number of oxazole rings is 1. The van der Waals surface area contributed by atoms with Crippen LogP contribution in [-0.2, 0) is 0 Å². The summed E-state index contributed by atoms with van der Waals surface area (Å²) in [7, 11) is 0. The number of benzene rings is 1. The molecule has 0 saturated heterocycles. The number of nitrogens with zero attached hydrogens (tertiary/aromatic N) is 2. The largest absolute Gasteiger partial charge is 0.423 e. The van der Waals surface area contributed by atoms with Gasteiger partial charge in [-0.2, -0.15) is 4.98 Å². The zero-order valence-corrected chi connectivity index (χ0v) is 11.5. The van der Waals surface area contributed by atoms with E-state index >= 15 is 0 Å². The van der Waals surface area contributed by atoms with Gasteiger partial charge >= 0.3 is 0 Å². The number of rotatable bonds is 3. The van der Waals surface area contributed by atoms with Gasteiger partial charge in [0.1, 0.15) is 5.52 Å². The second-order valence-electron chi connectivity index (χ2n) is 6.18. The number of nitro groups is 1. The molecule has 1 saturated carbocycles. The highest BCUT2D eigenvalue weighted by molar-refractivity contribution is 5.77. The summed E-state index contributed by atoms with van der Waals surface area (Å²) in [5.41, 5.74) is 1.44. The van der Waals surface area contributed by atoms with Crippen LogP contribution >= 0.6 is 0 Å². The highest BCUT2D eigenvalue weighted by Gasteiger charge is 2.31. The van der Waals surface area contributed by atoms with Gasteiger partial charge in [-0.3, -0.25) is 10.1 Å². The number of anilines is 1. The van der Waals surface area contributed by atoms with Crippen molar-refractivity contribution in [2.75, 3.05) is 5.32 Å². The van der Waals surface area contributed by atoms with Crippen LogP contribution in [0.2, 0.25) is 0 Å². The van der Waals surface area contributed by atoms with Crippen molar-refractivity contribution in [1.82, 2.24) is 4.98 Å². The van der Waals surface area contributed by atoms with Crippen LogP contribution in [0.15, 0.2) is 22.6 Å². The summed E-state index contributed by atoms with van der Waals surface area (Å²) in [4.78, 5) is 14.6. The number of aromatic nitrogens is 1. The Morgan fingerprint density at radius 1 is 1.50 bits per heavy atom. The highest BCUT2D eigenvalue weighted by atomic mass is 16.6. The van der Waals surface area contributed by atoms with Crippen LogP contribution in [0, 0.1) is 15.5 Å². The summed E-state index contributed by atoms with van der Waals surface area (Å²) in [6.45, 7) is 4.51. The summed E-state index contributed by atoms with van der Waals surface area (Å²) in [6.07, 6.45) is 3.34. The van der Waals surface area contributed by atoms with Crippen molar-refractivity contribution in [3.63, 3.8) is 0 Å². The van der Waals surface area contributed by atoms with E-state index in [-0.39, 0.29) is 5.69 Å². The van der Waals surface area contributed by atoms with E-state index in [1.54, 1.807) is 6.07 Å². The molecule has 1 aliphatic rings. The Bertz CT molecular complexity index is 663. The predicted octanol–water partition coefficient (Wildman–Crippen LogP) is 3.73. The SMILES string of the molecule is CC1(C)CCC(Nc2nc3ccc([N+](=O)[O-])cc3o2)C1. The maximum atomic E-state index is 10.7. The Morgan fingerprint density at radius 2 is 2.30 bits per heavy atom. The van der Waals surface area contributed by atoms with Gasteiger partial charge in [0, 0.05) is 12.1 Å². The first-order chi connectivity index (χ1) is 9.43. The molecule has 0 bridgehead atoms. The lowest BCUT2D eigenvalue weighted by molar-refractivity contribution is -0.384. The van der Waals surface area contributed by atoms with Crippen molar-refractivity contribution >= 4 is 22.8 Å². The maximum Gasteiger partial charge on any atom is 0.295 e. The van der Waals surface area contributed by atoms with E-state index in [2.05, 4.69) is 24.1 Å². The minimum Gasteiger partial charge on any atom is -0.423 e.